The largest absolute Gasteiger partial charge is 1.00 e. The minimum absolute atomic E-state index is 0. The van der Waals surface area contributed by atoms with Crippen molar-refractivity contribution in [2.75, 3.05) is 13.2 Å². The van der Waals surface area contributed by atoms with E-state index in [1.807, 2.05) is 13.8 Å². The predicted octanol–water partition coefficient (Wildman–Crippen LogP) is -1.69. The zero-order chi connectivity index (χ0) is 9.61. The number of carbonyl (C=O) groups is 1. The Labute approximate surface area is 94.0 Å². The Morgan fingerprint density at radius 1 is 1.31 bits per heavy atom. The van der Waals surface area contributed by atoms with Gasteiger partial charge in [0.05, 0.1) is 0 Å². The Hall–Kier alpha value is 0.204. The van der Waals surface area contributed by atoms with Crippen LogP contribution in [0, 0.1) is 0 Å². The van der Waals surface area contributed by atoms with Gasteiger partial charge in [-0.3, -0.25) is 4.79 Å². The molecule has 0 saturated carbocycles. The van der Waals surface area contributed by atoms with Crippen LogP contribution in [-0.2, 0) is 18.1 Å². The average molecular weight is 200 g/mol. The third-order valence-electron chi connectivity index (χ3n) is 1.14. The molecule has 0 aromatic carbocycles. The van der Waals surface area contributed by atoms with Crippen molar-refractivity contribution in [2.24, 2.45) is 0 Å². The van der Waals surface area contributed by atoms with Gasteiger partial charge in [-0.2, -0.15) is 0 Å². The van der Waals surface area contributed by atoms with Gasteiger partial charge in [0.2, 0.25) is 0 Å². The fraction of sp³-hybridized carbons (Fsp3) is 0.857. The van der Waals surface area contributed by atoms with Crippen molar-refractivity contribution in [2.45, 2.75) is 27.3 Å². The van der Waals surface area contributed by atoms with Crippen molar-refractivity contribution in [3.8, 4) is 0 Å². The van der Waals surface area contributed by atoms with Gasteiger partial charge in [-0.05, 0) is 13.8 Å². The van der Waals surface area contributed by atoms with Gasteiger partial charge in [-0.15, -0.1) is 0 Å². The summed E-state index contributed by atoms with van der Waals surface area (Å²) < 4.78 is 15.5. The number of rotatable bonds is 5. The van der Waals surface area contributed by atoms with Crippen molar-refractivity contribution < 1.29 is 38.4 Å². The van der Waals surface area contributed by atoms with Crippen molar-refractivity contribution >= 4 is 14.8 Å². The summed E-state index contributed by atoms with van der Waals surface area (Å²) in [5.74, 6) is -0.355. The van der Waals surface area contributed by atoms with E-state index < -0.39 is 8.80 Å². The van der Waals surface area contributed by atoms with Crippen LogP contribution in [0.25, 0.3) is 0 Å². The van der Waals surface area contributed by atoms with E-state index >= 15 is 0 Å². The maximum atomic E-state index is 10.7. The van der Waals surface area contributed by atoms with E-state index in [9.17, 15) is 4.79 Å². The summed E-state index contributed by atoms with van der Waals surface area (Å²) in [6.45, 7) is 7.73. The monoisotopic (exact) mass is 200 g/mol. The molecule has 13 heavy (non-hydrogen) atoms. The molecule has 0 saturated heterocycles. The first-order valence-electron chi connectivity index (χ1n) is 4.01. The van der Waals surface area contributed by atoms with E-state index in [4.69, 9.17) is 13.3 Å². The van der Waals surface area contributed by atoms with Crippen molar-refractivity contribution in [1.29, 1.82) is 0 Å². The van der Waals surface area contributed by atoms with Gasteiger partial charge in [0, 0.05) is 26.7 Å². The van der Waals surface area contributed by atoms with E-state index in [-0.39, 0.29) is 26.3 Å². The van der Waals surface area contributed by atoms with E-state index in [0.29, 0.717) is 13.2 Å². The molecule has 0 N–H and O–H groups in total. The molecule has 0 aliphatic carbocycles. The molecule has 6 heteroatoms. The summed E-state index contributed by atoms with van der Waals surface area (Å²) >= 11 is 0. The van der Waals surface area contributed by atoms with Gasteiger partial charge in [-0.25, -0.2) is 0 Å². The molecule has 0 aromatic rings. The fourth-order valence-electron chi connectivity index (χ4n) is 0.886. The summed E-state index contributed by atoms with van der Waals surface area (Å²) in [7, 11) is -2.66. The topological polar surface area (TPSA) is 44.8 Å². The Morgan fingerprint density at radius 3 is 1.92 bits per heavy atom. The van der Waals surface area contributed by atoms with Crippen LogP contribution in [0.3, 0.4) is 0 Å². The average Bonchev–Trinajstić information content (AvgIpc) is 1.85. The summed E-state index contributed by atoms with van der Waals surface area (Å²) in [4.78, 5) is 10.7. The first-order valence-corrected chi connectivity index (χ1v) is 6.24. The van der Waals surface area contributed by atoms with E-state index in [1.165, 1.54) is 6.92 Å². The molecule has 0 bridgehead atoms. The van der Waals surface area contributed by atoms with Crippen LogP contribution in [0.15, 0.2) is 0 Å². The van der Waals surface area contributed by atoms with Crippen LogP contribution < -0.4 is 18.9 Å². The summed E-state index contributed by atoms with van der Waals surface area (Å²) in [5.41, 5.74) is 0. The molecule has 0 radical (unpaired) electrons. The minimum atomic E-state index is -2.66. The molecular formula is C7H17LiO4Si. The predicted molar refractivity (Wildman–Crippen MR) is 47.7 cm³/mol. The molecular weight excluding hydrogens is 183 g/mol. The quantitative estimate of drug-likeness (QED) is 0.497. The van der Waals surface area contributed by atoms with Crippen molar-refractivity contribution in [3.63, 3.8) is 0 Å². The smallest absolute Gasteiger partial charge is 1.00 e. The molecule has 4 nitrogen and oxygen atoms in total. The second-order valence-electron chi connectivity index (χ2n) is 2.32. The standard InChI is InChI=1S/C7H16O4Si.Li.H/c1-5-9-12(4,10-6-2)11-7(3)8;;/h5-6H2,1-4H3;;/q;+1;-1. The minimum Gasteiger partial charge on any atom is -1.00 e. The zero-order valence-electron chi connectivity index (χ0n) is 10.0. The maximum Gasteiger partial charge on any atom is 1.00 e. The van der Waals surface area contributed by atoms with Gasteiger partial charge in [0.25, 0.3) is 5.97 Å². The van der Waals surface area contributed by atoms with E-state index in [0.717, 1.165) is 0 Å². The molecule has 0 heterocycles. The Balaban J connectivity index is -0.000000605. The summed E-state index contributed by atoms with van der Waals surface area (Å²) in [5, 5.41) is 0. The molecule has 74 valence electrons. The SMILES string of the molecule is CCO[Si](C)(OCC)OC(C)=O.[H-].[Li+]. The Bertz CT molecular complexity index is 153. The number of hydrogen-bond acceptors (Lipinski definition) is 4. The van der Waals surface area contributed by atoms with Gasteiger partial charge in [-0.1, -0.05) is 0 Å². The fourth-order valence-corrected chi connectivity index (χ4v) is 2.66. The van der Waals surface area contributed by atoms with Gasteiger partial charge < -0.3 is 14.7 Å². The van der Waals surface area contributed by atoms with Crippen molar-refractivity contribution in [1.82, 2.24) is 0 Å². The normalized spacial score (nSPS) is 10.5. The van der Waals surface area contributed by atoms with Crippen LogP contribution in [0.2, 0.25) is 6.55 Å². The third kappa shape index (κ3) is 7.29. The van der Waals surface area contributed by atoms with E-state index in [2.05, 4.69) is 0 Å². The van der Waals surface area contributed by atoms with Gasteiger partial charge in [0.1, 0.15) is 0 Å². The second-order valence-corrected chi connectivity index (χ2v) is 4.83. The van der Waals surface area contributed by atoms with Crippen LogP contribution in [0.5, 0.6) is 0 Å². The van der Waals surface area contributed by atoms with Crippen LogP contribution in [0.4, 0.5) is 0 Å². The van der Waals surface area contributed by atoms with E-state index in [1.54, 1.807) is 6.55 Å². The molecule has 0 atom stereocenters. The van der Waals surface area contributed by atoms with Crippen molar-refractivity contribution in [3.05, 3.63) is 0 Å². The molecule has 0 rings (SSSR count). The summed E-state index contributed by atoms with van der Waals surface area (Å²) in [6, 6.07) is 0. The molecule has 0 spiro atoms. The molecule has 0 aliphatic rings. The van der Waals surface area contributed by atoms with Crippen LogP contribution >= 0.6 is 0 Å². The number of carbonyl (C=O) groups excluding carboxylic acids is 1. The molecule has 0 amide bonds. The molecule has 0 aromatic heterocycles. The number of hydrogen-bond donors (Lipinski definition) is 0. The Kier molecular flexibility index (Phi) is 9.15. The molecule has 0 fully saturated rings. The van der Waals surface area contributed by atoms with Gasteiger partial charge >= 0.3 is 27.7 Å². The maximum absolute atomic E-state index is 10.7. The van der Waals surface area contributed by atoms with Crippen LogP contribution in [-0.4, -0.2) is 28.0 Å². The van der Waals surface area contributed by atoms with Gasteiger partial charge in [0.15, 0.2) is 0 Å². The second kappa shape index (κ2) is 7.59. The summed E-state index contributed by atoms with van der Waals surface area (Å²) in [6.07, 6.45) is 0. The third-order valence-corrected chi connectivity index (χ3v) is 3.43. The Morgan fingerprint density at radius 2 is 1.69 bits per heavy atom. The van der Waals surface area contributed by atoms with Crippen LogP contribution in [0.1, 0.15) is 22.2 Å². The zero-order valence-corrected chi connectivity index (χ0v) is 10.0. The first kappa shape index (κ1) is 15.7. The first-order chi connectivity index (χ1) is 5.54. The molecule has 0 unspecified atom stereocenters. The molecule has 0 aliphatic heterocycles.